The van der Waals surface area contributed by atoms with Crippen LogP contribution in [0, 0.1) is 0 Å². The van der Waals surface area contributed by atoms with Gasteiger partial charge in [-0.25, -0.2) is 0 Å². The molecule has 192 valence electrons. The van der Waals surface area contributed by atoms with Gasteiger partial charge in [0.2, 0.25) is 0 Å². The Hall–Kier alpha value is 0.354. The van der Waals surface area contributed by atoms with E-state index in [9.17, 15) is 0 Å². The van der Waals surface area contributed by atoms with E-state index in [0.29, 0.717) is 58.2 Å². The Morgan fingerprint density at radius 3 is 1.13 bits per heavy atom. The molecule has 0 atom stereocenters. The summed E-state index contributed by atoms with van der Waals surface area (Å²) in [5.41, 5.74) is 17.3. The van der Waals surface area contributed by atoms with Gasteiger partial charge in [0, 0.05) is 0 Å². The molecule has 0 fully saturated rings. The predicted octanol–water partition coefficient (Wildman–Crippen LogP) is 1.52. The van der Waals surface area contributed by atoms with Crippen LogP contribution in [0.25, 0.3) is 0 Å². The zero-order chi connectivity index (χ0) is 24.1. The van der Waals surface area contributed by atoms with E-state index in [-0.39, 0.29) is 4.22 Å². The van der Waals surface area contributed by atoms with E-state index < -0.39 is 12.6 Å². The van der Waals surface area contributed by atoms with Crippen LogP contribution in [0.1, 0.15) is 27.2 Å². The van der Waals surface area contributed by atoms with Gasteiger partial charge in [0.05, 0.1) is 0 Å². The average Bonchev–Trinajstić information content (AvgIpc) is 2.79. The van der Waals surface area contributed by atoms with Crippen molar-refractivity contribution < 1.29 is 22.6 Å². The fraction of sp³-hybridized carbons (Fsp3) is 1.00. The Kier molecular flexibility index (Phi) is 10.0. The molecule has 0 saturated carbocycles. The van der Waals surface area contributed by atoms with Crippen molar-refractivity contribution in [2.24, 2.45) is 17.2 Å². The predicted molar refractivity (Wildman–Crippen MR) is 131 cm³/mol. The van der Waals surface area contributed by atoms with Gasteiger partial charge in [0.25, 0.3) is 0 Å². The van der Waals surface area contributed by atoms with Gasteiger partial charge in [0.15, 0.2) is 0 Å². The fourth-order valence-corrected chi connectivity index (χ4v) is 28.7. The Morgan fingerprint density at radius 2 is 0.935 bits per heavy atom. The Balaban J connectivity index is 7.18. The van der Waals surface area contributed by atoms with Crippen LogP contribution >= 0.6 is 0 Å². The molecule has 0 aliphatic carbocycles. The second-order valence-corrected chi connectivity index (χ2v) is 32.4. The Labute approximate surface area is 186 Å². The normalized spacial score (nSPS) is 17.7. The molecule has 0 amide bonds. The molecular weight excluding hydrogens is 432 g/mol. The van der Waals surface area contributed by atoms with Crippen LogP contribution in [-0.2, 0) is 22.6 Å². The molecule has 0 rings (SSSR count). The van der Waals surface area contributed by atoms with Crippen LogP contribution < -0.4 is 33.2 Å². The molecule has 31 heavy (non-hydrogen) atoms. The van der Waals surface area contributed by atoms with Crippen molar-refractivity contribution in [3.05, 3.63) is 0 Å². The topological polar surface area (TPSA) is 142 Å². The summed E-state index contributed by atoms with van der Waals surface area (Å²) >= 11 is -6.25. The first-order chi connectivity index (χ1) is 14.6. The second-order valence-electron chi connectivity index (χ2n) is 11.0. The van der Waals surface area contributed by atoms with Gasteiger partial charge in [0.1, 0.15) is 0 Å². The van der Waals surface area contributed by atoms with Crippen LogP contribution in [0.2, 0.25) is 23.1 Å². The molecule has 10 heteroatoms. The quantitative estimate of drug-likeness (QED) is 0.105. The van der Waals surface area contributed by atoms with Gasteiger partial charge in [-0.15, -0.1) is 0 Å². The van der Waals surface area contributed by atoms with Crippen LogP contribution in [0.5, 0.6) is 0 Å². The monoisotopic (exact) mass is 488 g/mol. The molecule has 0 bridgehead atoms. The zero-order valence-corrected chi connectivity index (χ0v) is 23.0. The molecule has 0 heterocycles. The second kappa shape index (κ2) is 9.92. The Bertz CT molecular complexity index is 532. The Morgan fingerprint density at radius 1 is 0.613 bits per heavy atom. The molecule has 0 aromatic rings. The fourth-order valence-electron chi connectivity index (χ4n) is 7.49. The third-order valence-corrected chi connectivity index (χ3v) is 40.6. The first-order valence-electron chi connectivity index (χ1n) is 12.2. The summed E-state index contributed by atoms with van der Waals surface area (Å²) in [6.45, 7) is 12.6. The van der Waals surface area contributed by atoms with Gasteiger partial charge in [-0.2, -0.15) is 0 Å². The van der Waals surface area contributed by atoms with Gasteiger partial charge in [-0.05, 0) is 0 Å². The molecule has 0 aromatic carbocycles. The summed E-state index contributed by atoms with van der Waals surface area (Å²) in [5, 5.41) is 10.5. The summed E-state index contributed by atoms with van der Waals surface area (Å²) in [6.07, 6.45) is 0.873. The molecule has 0 unspecified atom stereocenters. The summed E-state index contributed by atoms with van der Waals surface area (Å²) in [4.78, 5) is 0. The minimum absolute atomic E-state index is 0.00789. The third kappa shape index (κ3) is 4.19. The summed E-state index contributed by atoms with van der Waals surface area (Å²) < 4.78 is 24.1. The summed E-state index contributed by atoms with van der Waals surface area (Å²) in [6, 6.07) is 0. The van der Waals surface area contributed by atoms with Gasteiger partial charge in [-0.3, -0.25) is 0 Å². The number of rotatable bonds is 21. The molecule has 0 aromatic heterocycles. The van der Waals surface area contributed by atoms with E-state index in [1.807, 2.05) is 21.3 Å². The van der Waals surface area contributed by atoms with Crippen LogP contribution in [0.4, 0.5) is 0 Å². The first-order valence-corrected chi connectivity index (χ1v) is 19.5. The molecule has 0 radical (unpaired) electrons. The molecule has 0 spiro atoms. The van der Waals surface area contributed by atoms with Gasteiger partial charge in [-0.1, -0.05) is 0 Å². The number of nitrogens with two attached hydrogens (primary N) is 3. The van der Waals surface area contributed by atoms with E-state index in [4.69, 9.17) is 27.2 Å². The van der Waals surface area contributed by atoms with Crippen molar-refractivity contribution in [1.29, 1.82) is 0 Å². The van der Waals surface area contributed by atoms with Crippen LogP contribution in [0.3, 0.4) is 0 Å². The molecular formula is C21H56N6O3Ti. The standard InChI is InChI=1S/3C4H11N2.2C3H7.3CH3O.Ti/c3*1-2-6-4-3-5;2*1-3-2;3*1-2;/h3*6H,1-5H2;3H,1-2H3;1,3H2,2H3;3*1H3;/q;;;;;3*-1;+3. The van der Waals surface area contributed by atoms with E-state index in [0.717, 1.165) is 26.1 Å². The zero-order valence-electron chi connectivity index (χ0n) is 21.4. The van der Waals surface area contributed by atoms with Crippen molar-refractivity contribution >= 4 is 0 Å². The molecule has 0 aliphatic heterocycles. The first kappa shape index (κ1) is 31.4. The third-order valence-electron chi connectivity index (χ3n) is 11.0. The molecule has 0 aliphatic rings. The molecule has 9 nitrogen and oxygen atoms in total. The number of nitrogens with one attached hydrogen (secondary N) is 3. The van der Waals surface area contributed by atoms with E-state index >= 15 is 0 Å². The summed E-state index contributed by atoms with van der Waals surface area (Å²) in [7, 11) is 5.45. The van der Waals surface area contributed by atoms with Crippen LogP contribution in [-0.4, -0.2) is 80.2 Å². The van der Waals surface area contributed by atoms with Crippen molar-refractivity contribution in [2.75, 3.05) is 80.2 Å². The maximum atomic E-state index is 7.14. The van der Waals surface area contributed by atoms with E-state index in [1.165, 1.54) is 0 Å². The van der Waals surface area contributed by atoms with Crippen LogP contribution in [0.15, 0.2) is 0 Å². The minimum atomic E-state index is -6.25. The van der Waals surface area contributed by atoms with E-state index in [1.54, 1.807) is 0 Å². The van der Waals surface area contributed by atoms with Crippen molar-refractivity contribution in [2.45, 2.75) is 50.3 Å². The van der Waals surface area contributed by atoms with Crippen molar-refractivity contribution in [3.8, 4) is 0 Å². The maximum absolute atomic E-state index is 7.14. The number of hydrogen-bond acceptors (Lipinski definition) is 9. The molecule has 0 saturated heterocycles. The van der Waals surface area contributed by atoms with E-state index in [2.05, 4.69) is 36.7 Å². The average molecular weight is 489 g/mol. The van der Waals surface area contributed by atoms with Gasteiger partial charge < -0.3 is 0 Å². The van der Waals surface area contributed by atoms with Crippen molar-refractivity contribution in [1.82, 2.24) is 16.0 Å². The molecule has 9 N–H and O–H groups in total. The van der Waals surface area contributed by atoms with Crippen molar-refractivity contribution in [3.63, 3.8) is 0 Å². The van der Waals surface area contributed by atoms with Gasteiger partial charge >= 0.3 is 186 Å². The summed E-state index contributed by atoms with van der Waals surface area (Å²) in [5.74, 6) is 0. The number of hydrogen-bond donors (Lipinski definition) is 6. The SMILES string of the molecule is CC[CH2][Ti]([CH2]CNCCN)([CH2]CNCCN)([CH2]CNCCN)([O]C)([O]C)([O]C)[CH](C)C.